The van der Waals surface area contributed by atoms with Crippen LogP contribution < -0.4 is 15.5 Å². The van der Waals surface area contributed by atoms with Gasteiger partial charge in [-0.25, -0.2) is 0 Å². The second-order valence-electron chi connectivity index (χ2n) is 5.08. The van der Waals surface area contributed by atoms with Gasteiger partial charge in [-0.2, -0.15) is 0 Å². The lowest BCUT2D eigenvalue weighted by atomic mass is 10.2. The molecule has 1 atom stereocenters. The first kappa shape index (κ1) is 13.9. The van der Waals surface area contributed by atoms with Crippen molar-refractivity contribution in [3.8, 4) is 0 Å². The number of amides is 1. The zero-order valence-electron chi connectivity index (χ0n) is 11.8. The van der Waals surface area contributed by atoms with E-state index < -0.39 is 0 Å². The van der Waals surface area contributed by atoms with Gasteiger partial charge in [0.25, 0.3) is 0 Å². The first-order valence-electron chi connectivity index (χ1n) is 6.99. The Labute approximate surface area is 115 Å². The predicted octanol–water partition coefficient (Wildman–Crippen LogP) is 1.51. The molecule has 1 saturated heterocycles. The van der Waals surface area contributed by atoms with Gasteiger partial charge in [0.05, 0.1) is 6.04 Å². The summed E-state index contributed by atoms with van der Waals surface area (Å²) in [5, 5.41) is 5.85. The van der Waals surface area contributed by atoms with Crippen molar-refractivity contribution >= 4 is 11.6 Å². The van der Waals surface area contributed by atoms with Crippen molar-refractivity contribution in [2.75, 3.05) is 25.0 Å². The van der Waals surface area contributed by atoms with Crippen LogP contribution in [0.25, 0.3) is 0 Å². The van der Waals surface area contributed by atoms with E-state index >= 15 is 0 Å². The van der Waals surface area contributed by atoms with E-state index in [9.17, 15) is 4.79 Å². The summed E-state index contributed by atoms with van der Waals surface area (Å²) in [7, 11) is 1.66. The Hall–Kier alpha value is -1.55. The van der Waals surface area contributed by atoms with Crippen LogP contribution in [0.3, 0.4) is 0 Å². The molecule has 1 aromatic rings. The molecule has 2 N–H and O–H groups in total. The molecule has 4 nitrogen and oxygen atoms in total. The topological polar surface area (TPSA) is 44.4 Å². The lowest BCUT2D eigenvalue weighted by molar-refractivity contribution is -0.122. The third-order valence-corrected chi connectivity index (χ3v) is 3.66. The van der Waals surface area contributed by atoms with Crippen LogP contribution >= 0.6 is 0 Å². The highest BCUT2D eigenvalue weighted by Crippen LogP contribution is 2.20. The third kappa shape index (κ3) is 3.70. The minimum atomic E-state index is -0.164. The first-order valence-corrected chi connectivity index (χ1v) is 6.99. The minimum Gasteiger partial charge on any atom is -0.372 e. The minimum absolute atomic E-state index is 0.0219. The van der Waals surface area contributed by atoms with E-state index in [0.29, 0.717) is 0 Å². The number of nitrogens with zero attached hydrogens (tertiary/aromatic N) is 1. The van der Waals surface area contributed by atoms with Crippen molar-refractivity contribution in [3.05, 3.63) is 29.8 Å². The highest BCUT2D eigenvalue weighted by Gasteiger charge is 2.12. The van der Waals surface area contributed by atoms with Crippen molar-refractivity contribution < 1.29 is 4.79 Å². The number of anilines is 1. The van der Waals surface area contributed by atoms with Gasteiger partial charge in [-0.3, -0.25) is 4.79 Å². The molecule has 4 heteroatoms. The second-order valence-corrected chi connectivity index (χ2v) is 5.08. The van der Waals surface area contributed by atoms with Gasteiger partial charge >= 0.3 is 0 Å². The van der Waals surface area contributed by atoms with Gasteiger partial charge in [0.1, 0.15) is 0 Å². The van der Waals surface area contributed by atoms with E-state index in [1.165, 1.54) is 37.2 Å². The largest absolute Gasteiger partial charge is 0.372 e. The summed E-state index contributed by atoms with van der Waals surface area (Å²) in [6.07, 6.45) is 2.60. The van der Waals surface area contributed by atoms with E-state index in [2.05, 4.69) is 39.8 Å². The lowest BCUT2D eigenvalue weighted by Crippen LogP contribution is -2.40. The Bertz CT molecular complexity index is 410. The summed E-state index contributed by atoms with van der Waals surface area (Å²) in [6.45, 7) is 4.93. The van der Waals surface area contributed by atoms with Gasteiger partial charge in [-0.1, -0.05) is 12.1 Å². The molecular weight excluding hydrogens is 238 g/mol. The average Bonchev–Trinajstić information content (AvgIpc) is 2.98. The van der Waals surface area contributed by atoms with E-state index in [0.717, 1.165) is 6.54 Å². The molecule has 1 fully saturated rings. The summed E-state index contributed by atoms with van der Waals surface area (Å²) in [6, 6.07) is 8.46. The van der Waals surface area contributed by atoms with E-state index in [1.807, 2.05) is 6.92 Å². The van der Waals surface area contributed by atoms with Crippen LogP contribution in [0.15, 0.2) is 24.3 Å². The molecule has 1 aliphatic heterocycles. The molecule has 104 valence electrons. The third-order valence-electron chi connectivity index (χ3n) is 3.66. The molecule has 1 aromatic carbocycles. The van der Waals surface area contributed by atoms with Crippen LogP contribution in [0.4, 0.5) is 5.69 Å². The van der Waals surface area contributed by atoms with Gasteiger partial charge in [0.15, 0.2) is 0 Å². The van der Waals surface area contributed by atoms with Crippen molar-refractivity contribution in [2.24, 2.45) is 0 Å². The van der Waals surface area contributed by atoms with E-state index in [-0.39, 0.29) is 11.9 Å². The van der Waals surface area contributed by atoms with Gasteiger partial charge in [-0.15, -0.1) is 0 Å². The Morgan fingerprint density at radius 1 is 1.26 bits per heavy atom. The Kier molecular flexibility index (Phi) is 4.80. The molecule has 0 radical (unpaired) electrons. The molecule has 19 heavy (non-hydrogen) atoms. The van der Waals surface area contributed by atoms with Crippen LogP contribution in [-0.2, 0) is 11.3 Å². The Balaban J connectivity index is 1.86. The fourth-order valence-corrected chi connectivity index (χ4v) is 2.38. The predicted molar refractivity (Wildman–Crippen MR) is 78.3 cm³/mol. The number of carbonyl (C=O) groups excluding carboxylic acids is 1. The maximum Gasteiger partial charge on any atom is 0.236 e. The van der Waals surface area contributed by atoms with Gasteiger partial charge in [-0.05, 0) is 37.5 Å². The molecule has 1 aliphatic rings. The standard InChI is InChI=1S/C15H23N3O/c1-12(15(19)16-2)17-11-13-5-7-14(8-6-13)18-9-3-4-10-18/h5-8,12,17H,3-4,9-11H2,1-2H3,(H,16,19). The van der Waals surface area contributed by atoms with Crippen molar-refractivity contribution in [3.63, 3.8) is 0 Å². The normalized spacial score (nSPS) is 16.4. The zero-order valence-corrected chi connectivity index (χ0v) is 11.8. The monoisotopic (exact) mass is 261 g/mol. The Morgan fingerprint density at radius 2 is 1.89 bits per heavy atom. The number of likely N-dealkylation sites (N-methyl/N-ethyl adjacent to an activating group) is 1. The average molecular weight is 261 g/mol. The molecule has 1 amide bonds. The quantitative estimate of drug-likeness (QED) is 0.844. The molecule has 2 rings (SSSR count). The van der Waals surface area contributed by atoms with Crippen LogP contribution in [0.5, 0.6) is 0 Å². The molecule has 0 spiro atoms. The van der Waals surface area contributed by atoms with Gasteiger partial charge in [0, 0.05) is 32.4 Å². The maximum absolute atomic E-state index is 11.4. The van der Waals surface area contributed by atoms with Crippen LogP contribution in [-0.4, -0.2) is 32.1 Å². The fraction of sp³-hybridized carbons (Fsp3) is 0.533. The SMILES string of the molecule is CNC(=O)C(C)NCc1ccc(N2CCCC2)cc1. The summed E-state index contributed by atoms with van der Waals surface area (Å²) in [4.78, 5) is 13.8. The second kappa shape index (κ2) is 6.57. The first-order chi connectivity index (χ1) is 9.20. The molecule has 0 aliphatic carbocycles. The van der Waals surface area contributed by atoms with Crippen molar-refractivity contribution in [1.29, 1.82) is 0 Å². The number of nitrogens with one attached hydrogen (secondary N) is 2. The summed E-state index contributed by atoms with van der Waals surface area (Å²) in [5.74, 6) is 0.0219. The van der Waals surface area contributed by atoms with E-state index in [1.54, 1.807) is 7.05 Å². The maximum atomic E-state index is 11.4. The zero-order chi connectivity index (χ0) is 13.7. The number of hydrogen-bond donors (Lipinski definition) is 2. The number of carbonyl (C=O) groups is 1. The highest BCUT2D eigenvalue weighted by molar-refractivity contribution is 5.80. The van der Waals surface area contributed by atoms with Crippen LogP contribution in [0.1, 0.15) is 25.3 Å². The number of hydrogen-bond acceptors (Lipinski definition) is 3. The van der Waals surface area contributed by atoms with Crippen molar-refractivity contribution in [1.82, 2.24) is 10.6 Å². The van der Waals surface area contributed by atoms with Gasteiger partial charge < -0.3 is 15.5 Å². The summed E-state index contributed by atoms with van der Waals surface area (Å²) >= 11 is 0. The van der Waals surface area contributed by atoms with Crippen LogP contribution in [0.2, 0.25) is 0 Å². The molecule has 1 heterocycles. The molecule has 0 aromatic heterocycles. The highest BCUT2D eigenvalue weighted by atomic mass is 16.2. The molecule has 0 bridgehead atoms. The number of rotatable bonds is 5. The molecule has 0 saturated carbocycles. The molecule has 1 unspecified atom stereocenters. The smallest absolute Gasteiger partial charge is 0.236 e. The molecular formula is C15H23N3O. The number of benzene rings is 1. The fourth-order valence-electron chi connectivity index (χ4n) is 2.38. The Morgan fingerprint density at radius 3 is 2.47 bits per heavy atom. The summed E-state index contributed by atoms with van der Waals surface area (Å²) in [5.41, 5.74) is 2.51. The lowest BCUT2D eigenvalue weighted by Gasteiger charge is -2.18. The van der Waals surface area contributed by atoms with Gasteiger partial charge in [0.2, 0.25) is 5.91 Å². The van der Waals surface area contributed by atoms with E-state index in [4.69, 9.17) is 0 Å². The van der Waals surface area contributed by atoms with Crippen LogP contribution in [0, 0.1) is 0 Å². The summed E-state index contributed by atoms with van der Waals surface area (Å²) < 4.78 is 0. The van der Waals surface area contributed by atoms with Crippen molar-refractivity contribution in [2.45, 2.75) is 32.4 Å².